The fourth-order valence-corrected chi connectivity index (χ4v) is 2.14. The average Bonchev–Trinajstić information content (AvgIpc) is 2.63. The lowest BCUT2D eigenvalue weighted by Crippen LogP contribution is -1.83. The van der Waals surface area contributed by atoms with Crippen molar-refractivity contribution in [3.05, 3.63) is 29.2 Å². The van der Waals surface area contributed by atoms with Gasteiger partial charge in [-0.1, -0.05) is 0 Å². The number of thiazole rings is 1. The molecule has 0 saturated heterocycles. The maximum atomic E-state index is 8.62. The van der Waals surface area contributed by atoms with Crippen molar-refractivity contribution in [3.63, 3.8) is 0 Å². The summed E-state index contributed by atoms with van der Waals surface area (Å²) >= 11 is 1.50. The number of aryl methyl sites for hydroxylation is 1. The lowest BCUT2D eigenvalue weighted by Gasteiger charge is -1.90. The van der Waals surface area contributed by atoms with Crippen LogP contribution in [0.4, 0.5) is 0 Å². The van der Waals surface area contributed by atoms with Crippen LogP contribution in [-0.2, 0) is 6.42 Å². The van der Waals surface area contributed by atoms with Crippen molar-refractivity contribution in [2.45, 2.75) is 13.3 Å². The molecule has 0 atom stereocenters. The number of hydrogen-bond donors (Lipinski definition) is 0. The molecule has 0 spiro atoms. The number of aromatic nitrogens is 3. The van der Waals surface area contributed by atoms with Crippen LogP contribution < -0.4 is 0 Å². The first-order valence-electron chi connectivity index (χ1n) is 4.41. The molecule has 4 nitrogen and oxygen atoms in total. The largest absolute Gasteiger partial charge is 0.261 e. The normalized spacial score (nSPS) is 9.87. The minimum absolute atomic E-state index is 0.407. The highest BCUT2D eigenvalue weighted by Gasteiger charge is 2.09. The minimum atomic E-state index is 0.407. The molecule has 74 valence electrons. The van der Waals surface area contributed by atoms with Crippen LogP contribution in [0.3, 0.4) is 0 Å². The summed E-state index contributed by atoms with van der Waals surface area (Å²) in [5, 5.41) is 9.45. The van der Waals surface area contributed by atoms with Crippen LogP contribution in [0.5, 0.6) is 0 Å². The third kappa shape index (κ3) is 2.00. The smallest absolute Gasteiger partial charge is 0.143 e. The van der Waals surface area contributed by atoms with E-state index in [-0.39, 0.29) is 0 Å². The Balaban J connectivity index is 2.40. The third-order valence-electron chi connectivity index (χ3n) is 1.91. The summed E-state index contributed by atoms with van der Waals surface area (Å²) in [6.07, 6.45) is 5.34. The molecule has 0 saturated carbocycles. The van der Waals surface area contributed by atoms with Crippen LogP contribution in [-0.4, -0.2) is 15.0 Å². The van der Waals surface area contributed by atoms with Crippen molar-refractivity contribution >= 4 is 11.3 Å². The lowest BCUT2D eigenvalue weighted by atomic mass is 10.3. The first kappa shape index (κ1) is 9.74. The molecule has 2 aromatic rings. The van der Waals surface area contributed by atoms with Gasteiger partial charge in [0.05, 0.1) is 24.4 Å². The molecule has 0 aliphatic rings. The quantitative estimate of drug-likeness (QED) is 0.770. The van der Waals surface area contributed by atoms with Crippen molar-refractivity contribution in [1.29, 1.82) is 5.26 Å². The summed E-state index contributed by atoms with van der Waals surface area (Å²) in [5.74, 6) is 0. The Hall–Kier alpha value is -1.80. The molecule has 0 N–H and O–H groups in total. The van der Waals surface area contributed by atoms with Gasteiger partial charge in [-0.15, -0.1) is 11.3 Å². The van der Waals surface area contributed by atoms with Crippen molar-refractivity contribution in [2.75, 3.05) is 0 Å². The van der Waals surface area contributed by atoms with Gasteiger partial charge in [-0.25, -0.2) is 4.98 Å². The maximum Gasteiger partial charge on any atom is 0.143 e. The second-order valence-corrected chi connectivity index (χ2v) is 4.04. The van der Waals surface area contributed by atoms with Gasteiger partial charge in [0, 0.05) is 17.3 Å². The van der Waals surface area contributed by atoms with Crippen molar-refractivity contribution in [2.24, 2.45) is 0 Å². The molecule has 0 fully saturated rings. The zero-order valence-electron chi connectivity index (χ0n) is 8.14. The summed E-state index contributed by atoms with van der Waals surface area (Å²) < 4.78 is 0. The van der Waals surface area contributed by atoms with E-state index in [0.717, 1.165) is 21.3 Å². The molecular formula is C10H8N4S. The predicted octanol–water partition coefficient (Wildman–Crippen LogP) is 1.97. The summed E-state index contributed by atoms with van der Waals surface area (Å²) in [7, 11) is 0. The highest BCUT2D eigenvalue weighted by molar-refractivity contribution is 7.15. The van der Waals surface area contributed by atoms with Gasteiger partial charge in [-0.2, -0.15) is 5.26 Å². The summed E-state index contributed by atoms with van der Waals surface area (Å²) in [5.41, 5.74) is 1.66. The number of rotatable bonds is 2. The first-order chi connectivity index (χ1) is 7.31. The van der Waals surface area contributed by atoms with Crippen LogP contribution in [0.15, 0.2) is 18.6 Å². The van der Waals surface area contributed by atoms with Crippen LogP contribution >= 0.6 is 11.3 Å². The molecule has 2 aromatic heterocycles. The maximum absolute atomic E-state index is 8.62. The molecule has 2 heterocycles. The van der Waals surface area contributed by atoms with Crippen molar-refractivity contribution < 1.29 is 0 Å². The molecule has 0 amide bonds. The van der Waals surface area contributed by atoms with Crippen LogP contribution in [0, 0.1) is 18.3 Å². The zero-order chi connectivity index (χ0) is 10.7. The van der Waals surface area contributed by atoms with Crippen LogP contribution in [0.25, 0.3) is 10.7 Å². The Labute approximate surface area is 91.3 Å². The van der Waals surface area contributed by atoms with E-state index in [2.05, 4.69) is 21.0 Å². The van der Waals surface area contributed by atoms with E-state index < -0.39 is 0 Å². The van der Waals surface area contributed by atoms with Gasteiger partial charge in [-0.05, 0) is 6.92 Å². The summed E-state index contributed by atoms with van der Waals surface area (Å²) in [6.45, 7) is 1.91. The Morgan fingerprint density at radius 2 is 2.33 bits per heavy atom. The number of hydrogen-bond acceptors (Lipinski definition) is 5. The van der Waals surface area contributed by atoms with E-state index in [1.807, 2.05) is 6.92 Å². The molecule has 0 unspecified atom stereocenters. The fraction of sp³-hybridized carbons (Fsp3) is 0.200. The van der Waals surface area contributed by atoms with Crippen molar-refractivity contribution in [1.82, 2.24) is 15.0 Å². The van der Waals surface area contributed by atoms with Gasteiger partial charge < -0.3 is 0 Å². The van der Waals surface area contributed by atoms with Gasteiger partial charge in [0.15, 0.2) is 0 Å². The molecule has 15 heavy (non-hydrogen) atoms. The molecule has 0 aliphatic carbocycles. The zero-order valence-corrected chi connectivity index (χ0v) is 8.95. The monoisotopic (exact) mass is 216 g/mol. The van der Waals surface area contributed by atoms with Gasteiger partial charge in [0.25, 0.3) is 0 Å². The first-order valence-corrected chi connectivity index (χ1v) is 5.22. The molecular weight excluding hydrogens is 208 g/mol. The Kier molecular flexibility index (Phi) is 2.70. The van der Waals surface area contributed by atoms with Gasteiger partial charge in [0.2, 0.25) is 0 Å². The highest BCUT2D eigenvalue weighted by atomic mass is 32.1. The SMILES string of the molecule is Cc1nc(-c2cnccn2)sc1CC#N. The third-order valence-corrected chi connectivity index (χ3v) is 3.09. The van der Waals surface area contributed by atoms with E-state index in [0.29, 0.717) is 6.42 Å². The Bertz CT molecular complexity index is 498. The number of nitriles is 1. The predicted molar refractivity (Wildman–Crippen MR) is 57.2 cm³/mol. The second-order valence-electron chi connectivity index (χ2n) is 2.95. The van der Waals surface area contributed by atoms with Gasteiger partial charge >= 0.3 is 0 Å². The van der Waals surface area contributed by atoms with E-state index in [1.165, 1.54) is 11.3 Å². The van der Waals surface area contributed by atoms with E-state index in [9.17, 15) is 0 Å². The van der Waals surface area contributed by atoms with Crippen LogP contribution in [0.1, 0.15) is 10.6 Å². The van der Waals surface area contributed by atoms with E-state index >= 15 is 0 Å². The van der Waals surface area contributed by atoms with Gasteiger partial charge in [-0.3, -0.25) is 9.97 Å². The molecule has 0 radical (unpaired) electrons. The van der Waals surface area contributed by atoms with Gasteiger partial charge in [0.1, 0.15) is 10.7 Å². The fourth-order valence-electron chi connectivity index (χ4n) is 1.18. The minimum Gasteiger partial charge on any atom is -0.261 e. The molecule has 0 bridgehead atoms. The van der Waals surface area contributed by atoms with Crippen molar-refractivity contribution in [3.8, 4) is 16.8 Å². The Morgan fingerprint density at radius 3 is 3.00 bits per heavy atom. The summed E-state index contributed by atoms with van der Waals surface area (Å²) in [6, 6.07) is 2.12. The lowest BCUT2D eigenvalue weighted by molar-refractivity contribution is 1.16. The highest BCUT2D eigenvalue weighted by Crippen LogP contribution is 2.25. The number of nitrogens with zero attached hydrogens (tertiary/aromatic N) is 4. The molecule has 5 heteroatoms. The van der Waals surface area contributed by atoms with E-state index in [4.69, 9.17) is 5.26 Å². The van der Waals surface area contributed by atoms with Crippen LogP contribution in [0.2, 0.25) is 0 Å². The topological polar surface area (TPSA) is 62.5 Å². The van der Waals surface area contributed by atoms with E-state index in [1.54, 1.807) is 18.6 Å². The molecule has 0 aliphatic heterocycles. The molecule has 2 rings (SSSR count). The average molecular weight is 216 g/mol. The molecule has 0 aromatic carbocycles. The second kappa shape index (κ2) is 4.15. The standard InChI is InChI=1S/C10H8N4S/c1-7-9(2-3-11)15-10(14-7)8-6-12-4-5-13-8/h4-6H,2H2,1H3. The Morgan fingerprint density at radius 1 is 1.47 bits per heavy atom. The summed E-state index contributed by atoms with van der Waals surface area (Å²) in [4.78, 5) is 13.5.